The summed E-state index contributed by atoms with van der Waals surface area (Å²) in [7, 11) is 0. The molecule has 0 atom stereocenters. The zero-order valence-corrected chi connectivity index (χ0v) is 7.40. The van der Waals surface area contributed by atoms with Gasteiger partial charge in [0, 0.05) is 12.7 Å². The van der Waals surface area contributed by atoms with Gasteiger partial charge in [-0.3, -0.25) is 4.98 Å². The van der Waals surface area contributed by atoms with E-state index in [1.807, 2.05) is 6.20 Å². The fourth-order valence-electron chi connectivity index (χ4n) is 1.15. The van der Waals surface area contributed by atoms with Crippen LogP contribution in [0.3, 0.4) is 0 Å². The number of nitrogens with two attached hydrogens (primary N) is 1. The Morgan fingerprint density at radius 1 is 1.57 bits per heavy atom. The Balaban J connectivity index is 2.14. The Hall–Kier alpha value is -1.89. The van der Waals surface area contributed by atoms with Crippen molar-refractivity contribution in [2.45, 2.75) is 13.1 Å². The summed E-state index contributed by atoms with van der Waals surface area (Å²) in [4.78, 5) is 17.3. The Morgan fingerprint density at radius 3 is 3.00 bits per heavy atom. The summed E-state index contributed by atoms with van der Waals surface area (Å²) in [6.45, 7) is 0.885. The lowest BCUT2D eigenvalue weighted by Crippen LogP contribution is -2.03. The van der Waals surface area contributed by atoms with Gasteiger partial charge in [-0.2, -0.15) is 5.10 Å². The highest BCUT2D eigenvalue weighted by Gasteiger charge is 2.00. The standard InChI is InChI=1S/C7H10N6O/c8-1-5-2-13(4-9-5)3-6-10-7(14)12-11-6/h2,4H,1,3,8H2,(H2,10,11,12,14). The summed E-state index contributed by atoms with van der Waals surface area (Å²) >= 11 is 0. The van der Waals surface area contributed by atoms with E-state index in [1.54, 1.807) is 10.9 Å². The number of imidazole rings is 1. The van der Waals surface area contributed by atoms with Gasteiger partial charge >= 0.3 is 5.69 Å². The number of nitrogens with zero attached hydrogens (tertiary/aromatic N) is 3. The minimum absolute atomic E-state index is 0.306. The van der Waals surface area contributed by atoms with E-state index in [-0.39, 0.29) is 5.69 Å². The zero-order chi connectivity index (χ0) is 9.97. The molecule has 0 aliphatic carbocycles. The van der Waals surface area contributed by atoms with Gasteiger partial charge in [0.2, 0.25) is 0 Å². The van der Waals surface area contributed by atoms with E-state index in [4.69, 9.17) is 5.73 Å². The quantitative estimate of drug-likeness (QED) is 0.570. The molecule has 0 unspecified atom stereocenters. The summed E-state index contributed by atoms with van der Waals surface area (Å²) < 4.78 is 1.80. The monoisotopic (exact) mass is 194 g/mol. The molecule has 0 amide bonds. The third-order valence-corrected chi connectivity index (χ3v) is 1.78. The molecule has 7 heteroatoms. The molecule has 0 fully saturated rings. The van der Waals surface area contributed by atoms with Crippen molar-refractivity contribution in [1.82, 2.24) is 24.7 Å². The maximum atomic E-state index is 10.7. The van der Waals surface area contributed by atoms with Crippen LogP contribution in [0.4, 0.5) is 0 Å². The van der Waals surface area contributed by atoms with Gasteiger partial charge in [0.1, 0.15) is 0 Å². The Bertz CT molecular complexity index is 466. The minimum Gasteiger partial charge on any atom is -0.330 e. The molecule has 0 aliphatic rings. The molecule has 0 saturated carbocycles. The number of aromatic amines is 2. The van der Waals surface area contributed by atoms with Crippen molar-refractivity contribution in [1.29, 1.82) is 0 Å². The van der Waals surface area contributed by atoms with Crippen LogP contribution in [0.5, 0.6) is 0 Å². The summed E-state index contributed by atoms with van der Waals surface area (Å²) in [6, 6.07) is 0. The van der Waals surface area contributed by atoms with Gasteiger partial charge in [0.25, 0.3) is 0 Å². The first kappa shape index (κ1) is 8.70. The third kappa shape index (κ3) is 1.72. The molecular weight excluding hydrogens is 184 g/mol. The number of hydrogen-bond donors (Lipinski definition) is 3. The van der Waals surface area contributed by atoms with Crippen molar-refractivity contribution in [2.24, 2.45) is 5.73 Å². The van der Waals surface area contributed by atoms with E-state index in [2.05, 4.69) is 20.2 Å². The number of aromatic nitrogens is 5. The molecule has 14 heavy (non-hydrogen) atoms. The Kier molecular flexibility index (Phi) is 2.15. The predicted molar refractivity (Wildman–Crippen MR) is 48.4 cm³/mol. The van der Waals surface area contributed by atoms with Gasteiger partial charge in [0.05, 0.1) is 18.6 Å². The summed E-state index contributed by atoms with van der Waals surface area (Å²) in [5.41, 5.74) is 5.91. The van der Waals surface area contributed by atoms with E-state index >= 15 is 0 Å². The van der Waals surface area contributed by atoms with E-state index in [0.717, 1.165) is 5.69 Å². The number of H-pyrrole nitrogens is 2. The van der Waals surface area contributed by atoms with Crippen LogP contribution in [0.25, 0.3) is 0 Å². The van der Waals surface area contributed by atoms with Crippen LogP contribution in [0.15, 0.2) is 17.3 Å². The molecule has 2 heterocycles. The van der Waals surface area contributed by atoms with Gasteiger partial charge in [-0.25, -0.2) is 14.9 Å². The second kappa shape index (κ2) is 3.46. The fourth-order valence-corrected chi connectivity index (χ4v) is 1.15. The molecule has 7 nitrogen and oxygen atoms in total. The second-order valence-corrected chi connectivity index (χ2v) is 2.87. The van der Waals surface area contributed by atoms with Crippen LogP contribution >= 0.6 is 0 Å². The summed E-state index contributed by atoms with van der Waals surface area (Å²) in [5.74, 6) is 0.566. The van der Waals surface area contributed by atoms with Gasteiger partial charge in [0.15, 0.2) is 5.82 Å². The SMILES string of the molecule is NCc1cn(Cc2n[nH]c(=O)[nH]2)cn1. The average Bonchev–Trinajstić information content (AvgIpc) is 2.76. The lowest BCUT2D eigenvalue weighted by Gasteiger charge is -1.95. The van der Waals surface area contributed by atoms with Crippen molar-refractivity contribution in [3.8, 4) is 0 Å². The van der Waals surface area contributed by atoms with Crippen LogP contribution < -0.4 is 11.4 Å². The molecule has 0 aromatic carbocycles. The maximum Gasteiger partial charge on any atom is 0.340 e. The lowest BCUT2D eigenvalue weighted by molar-refractivity contribution is 0.746. The molecule has 0 radical (unpaired) electrons. The molecule has 2 rings (SSSR count). The third-order valence-electron chi connectivity index (χ3n) is 1.78. The van der Waals surface area contributed by atoms with Crippen molar-refractivity contribution < 1.29 is 0 Å². The van der Waals surface area contributed by atoms with E-state index in [9.17, 15) is 4.79 Å². The highest BCUT2D eigenvalue weighted by molar-refractivity contribution is 4.97. The van der Waals surface area contributed by atoms with Crippen LogP contribution in [0.2, 0.25) is 0 Å². The summed E-state index contributed by atoms with van der Waals surface area (Å²) in [6.07, 6.45) is 3.46. The summed E-state index contributed by atoms with van der Waals surface area (Å²) in [5, 5.41) is 6.06. The van der Waals surface area contributed by atoms with Gasteiger partial charge in [-0.15, -0.1) is 0 Å². The molecule has 0 bridgehead atoms. The van der Waals surface area contributed by atoms with Crippen LogP contribution in [0, 0.1) is 0 Å². The maximum absolute atomic E-state index is 10.7. The molecule has 74 valence electrons. The zero-order valence-electron chi connectivity index (χ0n) is 7.40. The van der Waals surface area contributed by atoms with Gasteiger partial charge < -0.3 is 10.3 Å². The number of hydrogen-bond acceptors (Lipinski definition) is 4. The van der Waals surface area contributed by atoms with Crippen LogP contribution in [-0.2, 0) is 13.1 Å². The van der Waals surface area contributed by atoms with Gasteiger partial charge in [-0.1, -0.05) is 0 Å². The molecule has 0 saturated heterocycles. The second-order valence-electron chi connectivity index (χ2n) is 2.87. The molecule has 2 aromatic heterocycles. The van der Waals surface area contributed by atoms with Gasteiger partial charge in [-0.05, 0) is 0 Å². The first-order valence-corrected chi connectivity index (χ1v) is 4.12. The molecule has 0 spiro atoms. The van der Waals surface area contributed by atoms with Crippen molar-refractivity contribution in [3.63, 3.8) is 0 Å². The fraction of sp³-hybridized carbons (Fsp3) is 0.286. The van der Waals surface area contributed by atoms with Crippen molar-refractivity contribution >= 4 is 0 Å². The predicted octanol–water partition coefficient (Wildman–Crippen LogP) is -1.20. The van der Waals surface area contributed by atoms with Crippen molar-refractivity contribution in [2.75, 3.05) is 0 Å². The smallest absolute Gasteiger partial charge is 0.330 e. The van der Waals surface area contributed by atoms with E-state index in [1.165, 1.54) is 0 Å². The highest BCUT2D eigenvalue weighted by Crippen LogP contribution is 1.96. The first-order valence-electron chi connectivity index (χ1n) is 4.12. The Morgan fingerprint density at radius 2 is 2.43 bits per heavy atom. The Labute approximate surface area is 79.0 Å². The van der Waals surface area contributed by atoms with Crippen LogP contribution in [0.1, 0.15) is 11.5 Å². The number of rotatable bonds is 3. The van der Waals surface area contributed by atoms with Crippen molar-refractivity contribution in [3.05, 3.63) is 34.5 Å². The first-order chi connectivity index (χ1) is 6.78. The number of nitrogens with one attached hydrogen (secondary N) is 2. The van der Waals surface area contributed by atoms with Crippen LogP contribution in [-0.4, -0.2) is 24.7 Å². The molecular formula is C7H10N6O. The van der Waals surface area contributed by atoms with E-state index < -0.39 is 0 Å². The molecule has 0 aliphatic heterocycles. The van der Waals surface area contributed by atoms with E-state index in [0.29, 0.717) is 18.9 Å². The largest absolute Gasteiger partial charge is 0.340 e. The average molecular weight is 194 g/mol. The topological polar surface area (TPSA) is 105 Å². The minimum atomic E-state index is -0.306. The molecule has 4 N–H and O–H groups in total. The lowest BCUT2D eigenvalue weighted by atomic mass is 10.5. The normalized spacial score (nSPS) is 10.6. The highest BCUT2D eigenvalue weighted by atomic mass is 16.1. The molecule has 2 aromatic rings.